The van der Waals surface area contributed by atoms with Crippen LogP contribution in [0.15, 0.2) is 60.7 Å². The van der Waals surface area contributed by atoms with Gasteiger partial charge in [-0.2, -0.15) is 0 Å². The Kier molecular flexibility index (Phi) is 7.37. The summed E-state index contributed by atoms with van der Waals surface area (Å²) in [6.07, 6.45) is 9.34. The van der Waals surface area contributed by atoms with Gasteiger partial charge in [0, 0.05) is 12.4 Å². The Bertz CT molecular complexity index is 668. The number of aliphatic carboxylic acids is 1. The van der Waals surface area contributed by atoms with Crippen LogP contribution >= 0.6 is 0 Å². The zero-order chi connectivity index (χ0) is 18.1. The number of nitrogens with two attached hydrogens (primary N) is 1. The number of nitrogens with zero attached hydrogens (tertiary/aromatic N) is 2. The van der Waals surface area contributed by atoms with E-state index in [-0.39, 0.29) is 6.04 Å². The minimum Gasteiger partial charge on any atom is -0.479 e. The Morgan fingerprint density at radius 3 is 2.72 bits per heavy atom. The molecule has 25 heavy (non-hydrogen) atoms. The van der Waals surface area contributed by atoms with Crippen LogP contribution in [0.25, 0.3) is 0 Å². The van der Waals surface area contributed by atoms with Crippen molar-refractivity contribution in [3.05, 3.63) is 66.3 Å². The highest BCUT2D eigenvalue weighted by Crippen LogP contribution is 2.26. The molecule has 2 aromatic rings. The Morgan fingerprint density at radius 2 is 2.16 bits per heavy atom. The molecular weight excluding hydrogens is 318 g/mol. The Balaban J connectivity index is 2.15. The van der Waals surface area contributed by atoms with E-state index in [0.717, 1.165) is 12.8 Å². The molecule has 6 heteroatoms. The quantitative estimate of drug-likeness (QED) is 0.511. The number of allylic oxidation sites excluding steroid dienone is 2. The van der Waals surface area contributed by atoms with Crippen LogP contribution in [-0.4, -0.2) is 26.7 Å². The second-order valence-corrected chi connectivity index (χ2v) is 5.89. The molecule has 3 N–H and O–H groups in total. The standard InChI is InChI=1S/C19H25N3O3/c1-2-16(9-6-10-18(25-20)19(23)24)17(22-12-11-21-14-22)13-15-7-4-3-5-8-15/h3-5,7-9,11-12,14,17-18H,2,6,10,13,20H2,1H3,(H,23,24). The summed E-state index contributed by atoms with van der Waals surface area (Å²) in [7, 11) is 0. The summed E-state index contributed by atoms with van der Waals surface area (Å²) in [5, 5.41) is 9.01. The maximum absolute atomic E-state index is 11.0. The summed E-state index contributed by atoms with van der Waals surface area (Å²) in [5.41, 5.74) is 2.48. The van der Waals surface area contributed by atoms with Gasteiger partial charge >= 0.3 is 5.97 Å². The molecule has 0 saturated heterocycles. The molecule has 1 heterocycles. The lowest BCUT2D eigenvalue weighted by Crippen LogP contribution is -2.26. The second kappa shape index (κ2) is 9.76. The molecule has 0 saturated carbocycles. The lowest BCUT2D eigenvalue weighted by atomic mass is 9.95. The Labute approximate surface area is 147 Å². The summed E-state index contributed by atoms with van der Waals surface area (Å²) in [6, 6.07) is 10.4. The molecule has 0 amide bonds. The molecule has 1 aromatic carbocycles. The van der Waals surface area contributed by atoms with Crippen molar-refractivity contribution < 1.29 is 14.7 Å². The first-order valence-corrected chi connectivity index (χ1v) is 8.44. The fraction of sp³-hybridized carbons (Fsp3) is 0.368. The first kappa shape index (κ1) is 18.9. The second-order valence-electron chi connectivity index (χ2n) is 5.89. The fourth-order valence-electron chi connectivity index (χ4n) is 2.90. The van der Waals surface area contributed by atoms with Crippen LogP contribution in [0, 0.1) is 0 Å². The number of carboxylic acids is 1. The summed E-state index contributed by atoms with van der Waals surface area (Å²) in [5.74, 6) is 4.01. The van der Waals surface area contributed by atoms with Gasteiger partial charge in [-0.1, -0.05) is 48.9 Å². The number of carbonyl (C=O) groups is 1. The number of aromatic nitrogens is 2. The number of hydrogen-bond donors (Lipinski definition) is 2. The summed E-state index contributed by atoms with van der Waals surface area (Å²) in [4.78, 5) is 19.7. The largest absolute Gasteiger partial charge is 0.479 e. The number of benzene rings is 1. The number of carboxylic acid groups (broad SMARTS) is 1. The average molecular weight is 343 g/mol. The molecule has 0 fully saturated rings. The molecule has 134 valence electrons. The van der Waals surface area contributed by atoms with Crippen LogP contribution in [0.4, 0.5) is 0 Å². The first-order valence-electron chi connectivity index (χ1n) is 8.44. The lowest BCUT2D eigenvalue weighted by molar-refractivity contribution is -0.151. The van der Waals surface area contributed by atoms with Crippen molar-refractivity contribution in [1.29, 1.82) is 0 Å². The van der Waals surface area contributed by atoms with E-state index in [1.807, 2.05) is 30.7 Å². The topological polar surface area (TPSA) is 90.4 Å². The normalized spacial score (nSPS) is 14.2. The van der Waals surface area contributed by atoms with Crippen LogP contribution in [-0.2, 0) is 16.1 Å². The van der Waals surface area contributed by atoms with Gasteiger partial charge in [0.1, 0.15) is 0 Å². The van der Waals surface area contributed by atoms with E-state index in [2.05, 4.69) is 39.5 Å². The summed E-state index contributed by atoms with van der Waals surface area (Å²) < 4.78 is 2.09. The lowest BCUT2D eigenvalue weighted by Gasteiger charge is -2.22. The van der Waals surface area contributed by atoms with Gasteiger partial charge < -0.3 is 9.67 Å². The molecule has 0 aliphatic heterocycles. The number of rotatable bonds is 10. The van der Waals surface area contributed by atoms with Gasteiger partial charge in [-0.25, -0.2) is 15.7 Å². The summed E-state index contributed by atoms with van der Waals surface area (Å²) in [6.45, 7) is 2.11. The molecule has 2 atom stereocenters. The highest BCUT2D eigenvalue weighted by Gasteiger charge is 2.18. The third-order valence-electron chi connectivity index (χ3n) is 4.27. The van der Waals surface area contributed by atoms with Crippen molar-refractivity contribution in [2.45, 2.75) is 44.8 Å². The maximum Gasteiger partial charge on any atom is 0.334 e. The van der Waals surface area contributed by atoms with Gasteiger partial charge in [-0.15, -0.1) is 0 Å². The van der Waals surface area contributed by atoms with Crippen molar-refractivity contribution in [3.8, 4) is 0 Å². The van der Waals surface area contributed by atoms with E-state index in [1.165, 1.54) is 11.1 Å². The number of hydrogen-bond acceptors (Lipinski definition) is 4. The van der Waals surface area contributed by atoms with Gasteiger partial charge in [0.15, 0.2) is 6.10 Å². The molecule has 0 aliphatic carbocycles. The van der Waals surface area contributed by atoms with Crippen LogP contribution in [0.1, 0.15) is 37.8 Å². The smallest absolute Gasteiger partial charge is 0.334 e. The van der Waals surface area contributed by atoms with E-state index in [9.17, 15) is 4.79 Å². The fourth-order valence-corrected chi connectivity index (χ4v) is 2.90. The third kappa shape index (κ3) is 5.55. The molecule has 0 aliphatic rings. The van der Waals surface area contributed by atoms with E-state index in [1.54, 1.807) is 6.20 Å². The molecule has 0 radical (unpaired) electrons. The zero-order valence-corrected chi connectivity index (χ0v) is 14.4. The van der Waals surface area contributed by atoms with E-state index < -0.39 is 12.1 Å². The van der Waals surface area contributed by atoms with Crippen molar-refractivity contribution in [2.75, 3.05) is 0 Å². The molecular formula is C19H25N3O3. The molecule has 1 aromatic heterocycles. The predicted molar refractivity (Wildman–Crippen MR) is 95.7 cm³/mol. The van der Waals surface area contributed by atoms with E-state index in [0.29, 0.717) is 12.8 Å². The van der Waals surface area contributed by atoms with Gasteiger partial charge in [0.2, 0.25) is 0 Å². The number of imidazole rings is 1. The maximum atomic E-state index is 11.0. The highest BCUT2D eigenvalue weighted by atomic mass is 16.6. The van der Waals surface area contributed by atoms with Crippen LogP contribution in [0.2, 0.25) is 0 Å². The predicted octanol–water partition coefficient (Wildman–Crippen LogP) is 3.13. The first-order chi connectivity index (χ1) is 12.2. The van der Waals surface area contributed by atoms with Gasteiger partial charge in [-0.05, 0) is 31.2 Å². The molecule has 6 nitrogen and oxygen atoms in total. The minimum absolute atomic E-state index is 0.150. The van der Waals surface area contributed by atoms with Gasteiger partial charge in [-0.3, -0.25) is 4.84 Å². The monoisotopic (exact) mass is 343 g/mol. The molecule has 2 unspecified atom stereocenters. The van der Waals surface area contributed by atoms with Gasteiger partial charge in [0.25, 0.3) is 0 Å². The SMILES string of the molecule is CCC(=CCCC(ON)C(=O)O)C(Cc1ccccc1)n1ccnc1. The van der Waals surface area contributed by atoms with Crippen LogP contribution in [0.3, 0.4) is 0 Å². The molecule has 0 bridgehead atoms. The van der Waals surface area contributed by atoms with Crippen molar-refractivity contribution >= 4 is 5.97 Å². The third-order valence-corrected chi connectivity index (χ3v) is 4.27. The minimum atomic E-state index is -1.04. The van der Waals surface area contributed by atoms with Gasteiger partial charge in [0.05, 0.1) is 12.4 Å². The Morgan fingerprint density at radius 1 is 1.40 bits per heavy atom. The van der Waals surface area contributed by atoms with Crippen LogP contribution < -0.4 is 5.90 Å². The highest BCUT2D eigenvalue weighted by molar-refractivity contribution is 5.72. The molecule has 2 rings (SSSR count). The van der Waals surface area contributed by atoms with E-state index >= 15 is 0 Å². The molecule has 0 spiro atoms. The van der Waals surface area contributed by atoms with Crippen molar-refractivity contribution in [1.82, 2.24) is 9.55 Å². The summed E-state index contributed by atoms with van der Waals surface area (Å²) >= 11 is 0. The average Bonchev–Trinajstić information content (AvgIpc) is 3.15. The van der Waals surface area contributed by atoms with Crippen molar-refractivity contribution in [2.24, 2.45) is 5.90 Å². The zero-order valence-electron chi connectivity index (χ0n) is 14.4. The Hall–Kier alpha value is -2.44. The van der Waals surface area contributed by atoms with E-state index in [4.69, 9.17) is 11.0 Å². The van der Waals surface area contributed by atoms with Crippen LogP contribution in [0.5, 0.6) is 0 Å². The van der Waals surface area contributed by atoms with Crippen molar-refractivity contribution in [3.63, 3.8) is 0 Å².